The van der Waals surface area contributed by atoms with Crippen molar-refractivity contribution in [2.24, 2.45) is 5.41 Å². The number of allylic oxidation sites excluding steroid dienone is 2. The maximum Gasteiger partial charge on any atom is 0.410 e. The zero-order valence-corrected chi connectivity index (χ0v) is 23.1. The predicted molar refractivity (Wildman–Crippen MR) is 146 cm³/mol. The third kappa shape index (κ3) is 7.02. The topological polar surface area (TPSA) is 84.7 Å². The van der Waals surface area contributed by atoms with Crippen molar-refractivity contribution < 1.29 is 18.8 Å². The number of hydrogen-bond acceptors (Lipinski definition) is 5. The van der Waals surface area contributed by atoms with Crippen LogP contribution in [0.1, 0.15) is 106 Å². The van der Waals surface area contributed by atoms with Crippen molar-refractivity contribution in [2.45, 2.75) is 91.6 Å². The van der Waals surface area contributed by atoms with E-state index in [-0.39, 0.29) is 23.1 Å². The number of rotatable bonds is 4. The number of ether oxygens (including phenoxy) is 1. The standard InChI is InChI=1S/C30H41N3O4/c1-20-18-26(32-37-20)27(34)31-25-10-9-23(19-24(25)22-11-14-30(5,6)15-12-22)21-8-7-16-33(17-13-21)28(35)36-29(2,3)4/h9-11,18-19,21H,7-8,12-17H2,1-6H3,(H,31,34). The Balaban J connectivity index is 1.57. The van der Waals surface area contributed by atoms with Crippen molar-refractivity contribution in [2.75, 3.05) is 18.4 Å². The summed E-state index contributed by atoms with van der Waals surface area (Å²) in [5.74, 6) is 0.673. The Bertz CT molecular complexity index is 1170. The molecular weight excluding hydrogens is 466 g/mol. The van der Waals surface area contributed by atoms with Crippen molar-refractivity contribution in [3.63, 3.8) is 0 Å². The smallest absolute Gasteiger partial charge is 0.410 e. The van der Waals surface area contributed by atoms with Crippen LogP contribution in [0.5, 0.6) is 0 Å². The van der Waals surface area contributed by atoms with Gasteiger partial charge in [-0.05, 0) is 101 Å². The molecule has 0 spiro atoms. The summed E-state index contributed by atoms with van der Waals surface area (Å²) in [7, 11) is 0. The van der Waals surface area contributed by atoms with Crippen LogP contribution in [0.15, 0.2) is 34.9 Å². The molecule has 1 unspecified atom stereocenters. The van der Waals surface area contributed by atoms with Crippen molar-refractivity contribution >= 4 is 23.3 Å². The second-order valence-electron chi connectivity index (χ2n) is 12.3. The molecule has 0 bridgehead atoms. The van der Waals surface area contributed by atoms with E-state index in [1.807, 2.05) is 31.7 Å². The highest BCUT2D eigenvalue weighted by atomic mass is 16.6. The minimum atomic E-state index is -0.495. The number of anilines is 1. The average Bonchev–Trinajstić information content (AvgIpc) is 3.10. The lowest BCUT2D eigenvalue weighted by atomic mass is 9.76. The van der Waals surface area contributed by atoms with E-state index in [0.29, 0.717) is 24.8 Å². The summed E-state index contributed by atoms with van der Waals surface area (Å²) in [6, 6.07) is 8.04. The van der Waals surface area contributed by atoms with Crippen molar-refractivity contribution in [1.29, 1.82) is 0 Å². The molecule has 4 rings (SSSR count). The van der Waals surface area contributed by atoms with Gasteiger partial charge in [-0.1, -0.05) is 31.1 Å². The molecule has 1 N–H and O–H groups in total. The van der Waals surface area contributed by atoms with E-state index in [4.69, 9.17) is 9.26 Å². The van der Waals surface area contributed by atoms with Gasteiger partial charge in [0.25, 0.3) is 5.91 Å². The SMILES string of the molecule is Cc1cc(C(=O)Nc2ccc(C3CCCN(C(=O)OC(C)(C)C)CC3)cc2C2=CCC(C)(C)CC2)no1. The third-order valence-corrected chi connectivity index (χ3v) is 7.32. The summed E-state index contributed by atoms with van der Waals surface area (Å²) in [5.41, 5.74) is 4.47. The van der Waals surface area contributed by atoms with Crippen LogP contribution in [0.25, 0.3) is 5.57 Å². The Morgan fingerprint density at radius 2 is 1.95 bits per heavy atom. The highest BCUT2D eigenvalue weighted by molar-refractivity contribution is 6.04. The van der Waals surface area contributed by atoms with Gasteiger partial charge < -0.3 is 19.5 Å². The van der Waals surface area contributed by atoms with Crippen LogP contribution in [-0.2, 0) is 4.74 Å². The fraction of sp³-hybridized carbons (Fsp3) is 0.567. The normalized spacial score (nSPS) is 20.1. The molecule has 1 aromatic carbocycles. The highest BCUT2D eigenvalue weighted by Crippen LogP contribution is 2.41. The van der Waals surface area contributed by atoms with E-state index in [9.17, 15) is 9.59 Å². The number of hydrogen-bond donors (Lipinski definition) is 1. The lowest BCUT2D eigenvalue weighted by Gasteiger charge is -2.30. The minimum absolute atomic E-state index is 0.232. The molecule has 1 aromatic heterocycles. The van der Waals surface area contributed by atoms with Crippen molar-refractivity contribution in [3.05, 3.63) is 52.9 Å². The monoisotopic (exact) mass is 507 g/mol. The number of amides is 2. The number of carbonyl (C=O) groups is 2. The summed E-state index contributed by atoms with van der Waals surface area (Å²) >= 11 is 0. The number of nitrogens with zero attached hydrogens (tertiary/aromatic N) is 2. The first-order valence-corrected chi connectivity index (χ1v) is 13.5. The molecule has 2 aliphatic rings. The van der Waals surface area contributed by atoms with E-state index in [1.165, 1.54) is 11.1 Å². The van der Waals surface area contributed by atoms with Crippen LogP contribution in [0.2, 0.25) is 0 Å². The van der Waals surface area contributed by atoms with Gasteiger partial charge in [0, 0.05) is 30.4 Å². The van der Waals surface area contributed by atoms with Gasteiger partial charge >= 0.3 is 6.09 Å². The summed E-state index contributed by atoms with van der Waals surface area (Å²) in [5, 5.41) is 6.95. The maximum absolute atomic E-state index is 12.9. The van der Waals surface area contributed by atoms with Crippen LogP contribution in [0, 0.1) is 12.3 Å². The largest absolute Gasteiger partial charge is 0.444 e. The van der Waals surface area contributed by atoms with Gasteiger partial charge in [-0.3, -0.25) is 4.79 Å². The first-order valence-electron chi connectivity index (χ1n) is 13.5. The fourth-order valence-electron chi connectivity index (χ4n) is 5.11. The second kappa shape index (κ2) is 10.7. The van der Waals surface area contributed by atoms with Gasteiger partial charge in [-0.2, -0.15) is 0 Å². The molecular formula is C30H41N3O4. The number of likely N-dealkylation sites (tertiary alicyclic amines) is 1. The zero-order valence-electron chi connectivity index (χ0n) is 23.1. The first kappa shape index (κ1) is 27.0. The molecule has 0 saturated carbocycles. The van der Waals surface area contributed by atoms with E-state index in [2.05, 4.69) is 42.5 Å². The lowest BCUT2D eigenvalue weighted by Crippen LogP contribution is -2.37. The Labute approximate surface area is 220 Å². The molecule has 7 heteroatoms. The molecule has 1 aliphatic carbocycles. The summed E-state index contributed by atoms with van der Waals surface area (Å²) < 4.78 is 10.7. The molecule has 1 atom stereocenters. The fourth-order valence-corrected chi connectivity index (χ4v) is 5.11. The molecule has 37 heavy (non-hydrogen) atoms. The van der Waals surface area contributed by atoms with Gasteiger partial charge in [0.05, 0.1) is 0 Å². The average molecular weight is 508 g/mol. The molecule has 7 nitrogen and oxygen atoms in total. The Kier molecular flexibility index (Phi) is 7.81. The Morgan fingerprint density at radius 3 is 2.59 bits per heavy atom. The number of aromatic nitrogens is 1. The molecule has 0 radical (unpaired) electrons. The molecule has 1 saturated heterocycles. The summed E-state index contributed by atoms with van der Waals surface area (Å²) in [6.45, 7) is 13.5. The van der Waals surface area contributed by atoms with Crippen molar-refractivity contribution in [1.82, 2.24) is 10.1 Å². The first-order chi connectivity index (χ1) is 17.4. The van der Waals surface area contributed by atoms with E-state index < -0.39 is 5.60 Å². The molecule has 1 aliphatic heterocycles. The van der Waals surface area contributed by atoms with Crippen LogP contribution in [0.3, 0.4) is 0 Å². The van der Waals surface area contributed by atoms with Crippen molar-refractivity contribution in [3.8, 4) is 0 Å². The number of aryl methyl sites for hydroxylation is 1. The number of nitrogens with one attached hydrogen (secondary N) is 1. The molecule has 2 amide bonds. The molecule has 200 valence electrons. The van der Waals surface area contributed by atoms with Crippen LogP contribution in [-0.4, -0.2) is 40.7 Å². The third-order valence-electron chi connectivity index (χ3n) is 7.32. The highest BCUT2D eigenvalue weighted by Gasteiger charge is 2.28. The molecule has 2 heterocycles. The second-order valence-corrected chi connectivity index (χ2v) is 12.3. The molecule has 2 aromatic rings. The van der Waals surface area contributed by atoms with Crippen LogP contribution >= 0.6 is 0 Å². The van der Waals surface area contributed by atoms with Gasteiger partial charge in [-0.15, -0.1) is 0 Å². The quantitative estimate of drug-likeness (QED) is 0.468. The zero-order chi connectivity index (χ0) is 26.8. The number of benzene rings is 1. The number of carbonyl (C=O) groups excluding carboxylic acids is 2. The predicted octanol–water partition coefficient (Wildman–Crippen LogP) is 7.33. The minimum Gasteiger partial charge on any atom is -0.444 e. The lowest BCUT2D eigenvalue weighted by molar-refractivity contribution is 0.0256. The van der Waals surface area contributed by atoms with E-state index in [1.54, 1.807) is 13.0 Å². The summed E-state index contributed by atoms with van der Waals surface area (Å²) in [4.78, 5) is 27.4. The van der Waals surface area contributed by atoms with Gasteiger partial charge in [-0.25, -0.2) is 4.79 Å². The molecule has 1 fully saturated rings. The summed E-state index contributed by atoms with van der Waals surface area (Å²) in [6.07, 6.45) is 8.01. The maximum atomic E-state index is 12.9. The van der Waals surface area contributed by atoms with E-state index in [0.717, 1.165) is 49.8 Å². The van der Waals surface area contributed by atoms with Crippen LogP contribution in [0.4, 0.5) is 10.5 Å². The Hall–Kier alpha value is -3.09. The van der Waals surface area contributed by atoms with Crippen LogP contribution < -0.4 is 5.32 Å². The van der Waals surface area contributed by atoms with Gasteiger partial charge in [0.1, 0.15) is 11.4 Å². The Morgan fingerprint density at radius 1 is 1.16 bits per heavy atom. The van der Waals surface area contributed by atoms with Gasteiger partial charge in [0.15, 0.2) is 5.69 Å². The van der Waals surface area contributed by atoms with Gasteiger partial charge in [0.2, 0.25) is 0 Å². The van der Waals surface area contributed by atoms with E-state index >= 15 is 0 Å².